The molecule has 0 bridgehead atoms. The second-order valence-electron chi connectivity index (χ2n) is 4.46. The van der Waals surface area contributed by atoms with E-state index in [9.17, 15) is 0 Å². The fourth-order valence-electron chi connectivity index (χ4n) is 2.19. The van der Waals surface area contributed by atoms with Gasteiger partial charge in [-0.1, -0.05) is 0 Å². The predicted octanol–water partition coefficient (Wildman–Crippen LogP) is 2.61. The van der Waals surface area contributed by atoms with Gasteiger partial charge in [0.2, 0.25) is 0 Å². The highest BCUT2D eigenvalue weighted by molar-refractivity contribution is 7.98. The number of hydrogen-bond acceptors (Lipinski definition) is 4. The fourth-order valence-corrected chi connectivity index (χ4v) is 2.78. The Labute approximate surface area is 107 Å². The summed E-state index contributed by atoms with van der Waals surface area (Å²) in [7, 11) is 0. The summed E-state index contributed by atoms with van der Waals surface area (Å²) in [6.07, 6.45) is 5.36. The lowest BCUT2D eigenvalue weighted by Gasteiger charge is -2.15. The summed E-state index contributed by atoms with van der Waals surface area (Å²) in [6.45, 7) is 2.12. The van der Waals surface area contributed by atoms with Gasteiger partial charge in [-0.15, -0.1) is 0 Å². The lowest BCUT2D eigenvalue weighted by atomic mass is 10.1. The highest BCUT2D eigenvalue weighted by Crippen LogP contribution is 2.25. The van der Waals surface area contributed by atoms with E-state index in [1.165, 1.54) is 11.3 Å². The van der Waals surface area contributed by atoms with Gasteiger partial charge >= 0.3 is 0 Å². The van der Waals surface area contributed by atoms with Crippen molar-refractivity contribution >= 4 is 17.6 Å². The van der Waals surface area contributed by atoms with Crippen molar-refractivity contribution in [2.24, 2.45) is 0 Å². The van der Waals surface area contributed by atoms with Crippen LogP contribution in [-0.4, -0.2) is 23.0 Å². The number of aromatic nitrogens is 1. The molecule has 0 aromatic carbocycles. The quantitative estimate of drug-likeness (QED) is 0.888. The van der Waals surface area contributed by atoms with Gasteiger partial charge in [0.05, 0.1) is 5.56 Å². The van der Waals surface area contributed by atoms with E-state index in [1.54, 1.807) is 11.8 Å². The average Bonchev–Trinajstić information content (AvgIpc) is 2.75. The largest absolute Gasteiger partial charge is 0.366 e. The molecule has 4 heteroatoms. The molecule has 1 aliphatic carbocycles. The second-order valence-corrected chi connectivity index (χ2v) is 5.37. The van der Waals surface area contributed by atoms with E-state index in [2.05, 4.69) is 29.5 Å². The number of fused-ring (bicyclic) bond motifs is 1. The van der Waals surface area contributed by atoms with Crippen LogP contribution in [0.5, 0.6) is 0 Å². The molecule has 1 N–H and O–H groups in total. The molecule has 3 nitrogen and oxygen atoms in total. The second kappa shape index (κ2) is 5.42. The fraction of sp³-hybridized carbons (Fsp3) is 0.538. The summed E-state index contributed by atoms with van der Waals surface area (Å²) < 4.78 is 0. The third-order valence-electron chi connectivity index (χ3n) is 2.97. The first-order chi connectivity index (χ1) is 8.24. The van der Waals surface area contributed by atoms with E-state index in [4.69, 9.17) is 5.26 Å². The van der Waals surface area contributed by atoms with Crippen LogP contribution < -0.4 is 5.32 Å². The Bertz CT molecular complexity index is 451. The van der Waals surface area contributed by atoms with Crippen molar-refractivity contribution in [3.8, 4) is 6.07 Å². The minimum absolute atomic E-state index is 0.337. The normalized spacial score (nSPS) is 15.1. The molecule has 1 aromatic heterocycles. The molecular weight excluding hydrogens is 230 g/mol. The Kier molecular flexibility index (Phi) is 3.90. The molecule has 17 heavy (non-hydrogen) atoms. The first-order valence-corrected chi connectivity index (χ1v) is 7.32. The van der Waals surface area contributed by atoms with Gasteiger partial charge in [-0.3, -0.25) is 0 Å². The number of rotatable bonds is 4. The zero-order valence-electron chi connectivity index (χ0n) is 10.3. The number of nitrogens with zero attached hydrogens (tertiary/aromatic N) is 2. The van der Waals surface area contributed by atoms with Crippen molar-refractivity contribution in [1.29, 1.82) is 5.26 Å². The van der Waals surface area contributed by atoms with Crippen molar-refractivity contribution in [2.75, 3.05) is 17.3 Å². The summed E-state index contributed by atoms with van der Waals surface area (Å²) in [5, 5.41) is 12.5. The molecular formula is C13H17N3S. The Morgan fingerprint density at radius 3 is 3.12 bits per heavy atom. The molecule has 1 heterocycles. The van der Waals surface area contributed by atoms with Crippen LogP contribution in [0, 0.1) is 11.3 Å². The van der Waals surface area contributed by atoms with Gasteiger partial charge in [0.25, 0.3) is 0 Å². The van der Waals surface area contributed by atoms with Gasteiger partial charge in [-0.25, -0.2) is 4.98 Å². The zero-order valence-corrected chi connectivity index (χ0v) is 11.1. The Morgan fingerprint density at radius 2 is 2.41 bits per heavy atom. The smallest absolute Gasteiger partial charge is 0.144 e. The SMILES string of the molecule is CSCC(C)Nc1nc2c(cc1C#N)CCC2. The van der Waals surface area contributed by atoms with Gasteiger partial charge in [-0.2, -0.15) is 17.0 Å². The van der Waals surface area contributed by atoms with Crippen molar-refractivity contribution < 1.29 is 0 Å². The molecule has 0 radical (unpaired) electrons. The van der Waals surface area contributed by atoms with Crippen molar-refractivity contribution in [3.05, 3.63) is 22.9 Å². The Hall–Kier alpha value is -1.21. The molecule has 0 fully saturated rings. The van der Waals surface area contributed by atoms with Crippen LogP contribution in [-0.2, 0) is 12.8 Å². The molecule has 90 valence electrons. The van der Waals surface area contributed by atoms with Crippen LogP contribution in [0.2, 0.25) is 0 Å². The monoisotopic (exact) mass is 247 g/mol. The minimum Gasteiger partial charge on any atom is -0.366 e. The molecule has 0 spiro atoms. The third kappa shape index (κ3) is 2.73. The van der Waals surface area contributed by atoms with Crippen LogP contribution in [0.4, 0.5) is 5.82 Å². The van der Waals surface area contributed by atoms with Crippen LogP contribution in [0.25, 0.3) is 0 Å². The molecule has 1 aromatic rings. The summed E-state index contributed by atoms with van der Waals surface area (Å²) in [5.74, 6) is 1.78. The van der Waals surface area contributed by atoms with Crippen LogP contribution in [0.3, 0.4) is 0 Å². The Balaban J connectivity index is 2.24. The number of thioether (sulfide) groups is 1. The van der Waals surface area contributed by atoms with Gasteiger partial charge in [-0.05, 0) is 44.1 Å². The third-order valence-corrected chi connectivity index (χ3v) is 3.80. The zero-order chi connectivity index (χ0) is 12.3. The van der Waals surface area contributed by atoms with E-state index in [0.717, 1.165) is 30.8 Å². The van der Waals surface area contributed by atoms with Crippen LogP contribution in [0.15, 0.2) is 6.07 Å². The first-order valence-electron chi connectivity index (χ1n) is 5.93. The molecule has 0 amide bonds. The highest BCUT2D eigenvalue weighted by atomic mass is 32.2. The van der Waals surface area contributed by atoms with Crippen molar-refractivity contribution in [1.82, 2.24) is 4.98 Å². The predicted molar refractivity (Wildman–Crippen MR) is 72.4 cm³/mol. The van der Waals surface area contributed by atoms with E-state index < -0.39 is 0 Å². The number of pyridine rings is 1. The maximum atomic E-state index is 9.16. The molecule has 2 rings (SSSR count). The van der Waals surface area contributed by atoms with Crippen molar-refractivity contribution in [3.63, 3.8) is 0 Å². The van der Waals surface area contributed by atoms with Crippen LogP contribution >= 0.6 is 11.8 Å². The lowest BCUT2D eigenvalue weighted by Crippen LogP contribution is -2.19. The van der Waals surface area contributed by atoms with Gasteiger partial charge in [0, 0.05) is 17.5 Å². The molecule has 1 atom stereocenters. The molecule has 0 saturated heterocycles. The highest BCUT2D eigenvalue weighted by Gasteiger charge is 2.17. The summed E-state index contributed by atoms with van der Waals surface area (Å²) in [6, 6.07) is 4.58. The van der Waals surface area contributed by atoms with Crippen LogP contribution in [0.1, 0.15) is 30.2 Å². The Morgan fingerprint density at radius 1 is 1.59 bits per heavy atom. The number of aryl methyl sites for hydroxylation is 2. The first kappa shape index (κ1) is 12.3. The number of nitrogens with one attached hydrogen (secondary N) is 1. The maximum Gasteiger partial charge on any atom is 0.144 e. The van der Waals surface area contributed by atoms with Gasteiger partial charge < -0.3 is 5.32 Å². The van der Waals surface area contributed by atoms with Gasteiger partial charge in [0.1, 0.15) is 11.9 Å². The van der Waals surface area contributed by atoms with Gasteiger partial charge in [0.15, 0.2) is 0 Å². The summed E-state index contributed by atoms with van der Waals surface area (Å²) in [5.41, 5.74) is 3.10. The van der Waals surface area contributed by atoms with E-state index >= 15 is 0 Å². The van der Waals surface area contributed by atoms with E-state index in [1.807, 2.05) is 6.07 Å². The minimum atomic E-state index is 0.337. The molecule has 0 aliphatic heterocycles. The van der Waals surface area contributed by atoms with E-state index in [-0.39, 0.29) is 0 Å². The summed E-state index contributed by atoms with van der Waals surface area (Å²) in [4.78, 5) is 4.60. The number of nitriles is 1. The number of anilines is 1. The molecule has 1 unspecified atom stereocenters. The van der Waals surface area contributed by atoms with E-state index in [0.29, 0.717) is 11.6 Å². The maximum absolute atomic E-state index is 9.16. The number of hydrogen-bond donors (Lipinski definition) is 1. The average molecular weight is 247 g/mol. The topological polar surface area (TPSA) is 48.7 Å². The summed E-state index contributed by atoms with van der Waals surface area (Å²) >= 11 is 1.79. The lowest BCUT2D eigenvalue weighted by molar-refractivity contribution is 0.884. The standard InChI is InChI=1S/C13H17N3S/c1-9(8-17-2)15-13-11(7-14)6-10-4-3-5-12(10)16-13/h6,9H,3-5,8H2,1-2H3,(H,15,16). The molecule has 1 aliphatic rings. The van der Waals surface area contributed by atoms with Crippen molar-refractivity contribution in [2.45, 2.75) is 32.2 Å². The molecule has 0 saturated carbocycles.